The van der Waals surface area contributed by atoms with Crippen LogP contribution in [0.3, 0.4) is 0 Å². The summed E-state index contributed by atoms with van der Waals surface area (Å²) in [5.41, 5.74) is 3.70. The number of aromatic nitrogens is 2. The number of nitrogen functional groups attached to an aromatic ring is 1. The van der Waals surface area contributed by atoms with E-state index in [1.54, 1.807) is 0 Å². The number of hydrogen-bond donors (Lipinski definition) is 2. The van der Waals surface area contributed by atoms with Crippen LogP contribution in [0, 0.1) is 0 Å². The van der Waals surface area contributed by atoms with Gasteiger partial charge in [-0.1, -0.05) is 33.6 Å². The molecule has 19 heavy (non-hydrogen) atoms. The summed E-state index contributed by atoms with van der Waals surface area (Å²) in [7, 11) is 0. The maximum Gasteiger partial charge on any atom is 0.143 e. The number of hydrogen-bond acceptors (Lipinski definition) is 5. The molecule has 106 valence electrons. The van der Waals surface area contributed by atoms with Gasteiger partial charge in [-0.2, -0.15) is 11.8 Å². The van der Waals surface area contributed by atoms with Gasteiger partial charge in [0.25, 0.3) is 0 Å². The zero-order chi connectivity index (χ0) is 13.9. The first-order valence-electron chi connectivity index (χ1n) is 6.95. The lowest BCUT2D eigenvalue weighted by molar-refractivity contribution is 0.564. The highest BCUT2D eigenvalue weighted by atomic mass is 32.2. The predicted octanol–water partition coefficient (Wildman–Crippen LogP) is 3.24. The summed E-state index contributed by atoms with van der Waals surface area (Å²) in [5.74, 6) is 7.98. The fourth-order valence-corrected chi connectivity index (χ4v) is 3.45. The zero-order valence-corrected chi connectivity index (χ0v) is 12.9. The number of hydrazine groups is 1. The molecule has 0 aromatic carbocycles. The van der Waals surface area contributed by atoms with E-state index >= 15 is 0 Å². The lowest BCUT2D eigenvalue weighted by atomic mass is 9.92. The summed E-state index contributed by atoms with van der Waals surface area (Å²) < 4.78 is 0. The summed E-state index contributed by atoms with van der Waals surface area (Å²) in [5, 5.41) is 0.788. The molecule has 1 aliphatic rings. The summed E-state index contributed by atoms with van der Waals surface area (Å²) in [6.45, 7) is 6.47. The number of thioether (sulfide) groups is 1. The van der Waals surface area contributed by atoms with Crippen LogP contribution in [-0.4, -0.2) is 15.2 Å². The van der Waals surface area contributed by atoms with Gasteiger partial charge in [-0.25, -0.2) is 15.8 Å². The van der Waals surface area contributed by atoms with Crippen molar-refractivity contribution in [3.05, 3.63) is 17.6 Å². The molecule has 1 aromatic rings. The molecule has 4 nitrogen and oxygen atoms in total. The van der Waals surface area contributed by atoms with Crippen molar-refractivity contribution in [1.82, 2.24) is 9.97 Å². The molecule has 0 unspecified atom stereocenters. The average molecular weight is 280 g/mol. The van der Waals surface area contributed by atoms with Crippen molar-refractivity contribution in [3.8, 4) is 0 Å². The Morgan fingerprint density at radius 3 is 2.58 bits per heavy atom. The molecule has 1 aliphatic carbocycles. The molecule has 1 saturated carbocycles. The van der Waals surface area contributed by atoms with Crippen LogP contribution in [0.2, 0.25) is 0 Å². The van der Waals surface area contributed by atoms with Gasteiger partial charge in [-0.3, -0.25) is 0 Å². The van der Waals surface area contributed by atoms with Crippen molar-refractivity contribution < 1.29 is 0 Å². The molecule has 3 N–H and O–H groups in total. The van der Waals surface area contributed by atoms with E-state index < -0.39 is 0 Å². The van der Waals surface area contributed by atoms with E-state index in [0.29, 0.717) is 5.82 Å². The molecule has 0 radical (unpaired) electrons. The van der Waals surface area contributed by atoms with Gasteiger partial charge >= 0.3 is 0 Å². The molecule has 0 bridgehead atoms. The summed E-state index contributed by atoms with van der Waals surface area (Å²) in [6, 6.07) is 1.93. The van der Waals surface area contributed by atoms with E-state index in [1.807, 2.05) is 17.8 Å². The van der Waals surface area contributed by atoms with Crippen LogP contribution in [0.25, 0.3) is 0 Å². The molecular formula is C14H24N4S. The monoisotopic (exact) mass is 280 g/mol. The van der Waals surface area contributed by atoms with Gasteiger partial charge in [0.1, 0.15) is 11.6 Å². The molecule has 5 heteroatoms. The van der Waals surface area contributed by atoms with Crippen LogP contribution < -0.4 is 11.3 Å². The SMILES string of the molecule is CC(C)(C)c1cc(NN)nc(CSC2CCCC2)n1. The minimum absolute atomic E-state index is 0.0152. The molecule has 1 heterocycles. The fraction of sp³-hybridized carbons (Fsp3) is 0.714. The van der Waals surface area contributed by atoms with E-state index in [-0.39, 0.29) is 5.41 Å². The van der Waals surface area contributed by atoms with E-state index in [0.717, 1.165) is 22.5 Å². The van der Waals surface area contributed by atoms with Gasteiger partial charge in [0.15, 0.2) is 0 Å². The van der Waals surface area contributed by atoms with Gasteiger partial charge in [0.05, 0.1) is 11.4 Å². The standard InChI is InChI=1S/C14H24N4S/c1-14(2,3)11-8-12(18-15)17-13(16-11)9-19-10-6-4-5-7-10/h8,10H,4-7,9,15H2,1-3H3,(H,16,17,18). The lowest BCUT2D eigenvalue weighted by Gasteiger charge is -2.19. The molecule has 1 aromatic heterocycles. The zero-order valence-electron chi connectivity index (χ0n) is 12.1. The molecule has 0 saturated heterocycles. The summed E-state index contributed by atoms with van der Waals surface area (Å²) in [4.78, 5) is 9.14. The number of rotatable bonds is 4. The molecule has 0 amide bonds. The minimum Gasteiger partial charge on any atom is -0.308 e. The first kappa shape index (κ1) is 14.6. The quantitative estimate of drug-likeness (QED) is 0.655. The second-order valence-corrected chi connectivity index (χ2v) is 7.46. The number of nitrogens with two attached hydrogens (primary N) is 1. The smallest absolute Gasteiger partial charge is 0.143 e. The molecule has 0 atom stereocenters. The largest absolute Gasteiger partial charge is 0.308 e. The van der Waals surface area contributed by atoms with Gasteiger partial charge < -0.3 is 5.43 Å². The number of anilines is 1. The predicted molar refractivity (Wildman–Crippen MR) is 82.1 cm³/mol. The topological polar surface area (TPSA) is 63.8 Å². The van der Waals surface area contributed by atoms with Crippen LogP contribution in [0.15, 0.2) is 6.07 Å². The van der Waals surface area contributed by atoms with Crippen LogP contribution in [-0.2, 0) is 11.2 Å². The van der Waals surface area contributed by atoms with E-state index in [4.69, 9.17) is 5.84 Å². The van der Waals surface area contributed by atoms with Crippen LogP contribution >= 0.6 is 11.8 Å². The highest BCUT2D eigenvalue weighted by molar-refractivity contribution is 7.99. The first-order chi connectivity index (χ1) is 8.99. The van der Waals surface area contributed by atoms with E-state index in [1.165, 1.54) is 25.7 Å². The van der Waals surface area contributed by atoms with Gasteiger partial charge in [0, 0.05) is 16.7 Å². The van der Waals surface area contributed by atoms with Crippen molar-refractivity contribution in [2.75, 3.05) is 5.43 Å². The first-order valence-corrected chi connectivity index (χ1v) is 8.00. The van der Waals surface area contributed by atoms with Crippen molar-refractivity contribution in [3.63, 3.8) is 0 Å². The number of nitrogens with zero attached hydrogens (tertiary/aromatic N) is 2. The van der Waals surface area contributed by atoms with Crippen LogP contribution in [0.1, 0.15) is 58.0 Å². The summed E-state index contributed by atoms with van der Waals surface area (Å²) in [6.07, 6.45) is 5.42. The Morgan fingerprint density at radius 1 is 1.32 bits per heavy atom. The van der Waals surface area contributed by atoms with Gasteiger partial charge in [-0.05, 0) is 12.8 Å². The second kappa shape index (κ2) is 6.09. The highest BCUT2D eigenvalue weighted by Gasteiger charge is 2.19. The van der Waals surface area contributed by atoms with E-state index in [2.05, 4.69) is 36.2 Å². The lowest BCUT2D eigenvalue weighted by Crippen LogP contribution is -2.18. The molecule has 0 aliphatic heterocycles. The Morgan fingerprint density at radius 2 is 2.00 bits per heavy atom. The van der Waals surface area contributed by atoms with Crippen LogP contribution in [0.5, 0.6) is 0 Å². The Bertz CT molecular complexity index is 422. The third-order valence-electron chi connectivity index (χ3n) is 3.44. The van der Waals surface area contributed by atoms with Gasteiger partial charge in [0.2, 0.25) is 0 Å². The molecule has 0 spiro atoms. The molecular weight excluding hydrogens is 256 g/mol. The maximum absolute atomic E-state index is 5.50. The Balaban J connectivity index is 2.10. The third-order valence-corrected chi connectivity index (χ3v) is 4.81. The Kier molecular flexibility index (Phi) is 4.68. The molecule has 1 fully saturated rings. The highest BCUT2D eigenvalue weighted by Crippen LogP contribution is 2.31. The van der Waals surface area contributed by atoms with Gasteiger partial charge in [-0.15, -0.1) is 0 Å². The normalized spacial score (nSPS) is 16.8. The fourth-order valence-electron chi connectivity index (χ4n) is 2.27. The van der Waals surface area contributed by atoms with Crippen molar-refractivity contribution in [2.45, 2.75) is 62.9 Å². The summed E-state index contributed by atoms with van der Waals surface area (Å²) >= 11 is 1.98. The molecule has 2 rings (SSSR count). The minimum atomic E-state index is 0.0152. The van der Waals surface area contributed by atoms with Crippen LogP contribution in [0.4, 0.5) is 5.82 Å². The second-order valence-electron chi connectivity index (χ2n) is 6.17. The van der Waals surface area contributed by atoms with E-state index in [9.17, 15) is 0 Å². The van der Waals surface area contributed by atoms with Crippen molar-refractivity contribution in [2.24, 2.45) is 5.84 Å². The number of nitrogens with one attached hydrogen (secondary N) is 1. The van der Waals surface area contributed by atoms with Crippen molar-refractivity contribution >= 4 is 17.6 Å². The average Bonchev–Trinajstić information content (AvgIpc) is 2.88. The third kappa shape index (κ3) is 4.08. The Labute approximate surface area is 119 Å². The maximum atomic E-state index is 5.50. The Hall–Kier alpha value is -0.810. The van der Waals surface area contributed by atoms with Crippen molar-refractivity contribution in [1.29, 1.82) is 0 Å².